The molecule has 0 spiro atoms. The second-order valence-corrected chi connectivity index (χ2v) is 5.74. The smallest absolute Gasteiger partial charge is 0.327 e. The van der Waals surface area contributed by atoms with Crippen molar-refractivity contribution in [2.24, 2.45) is 0 Å². The summed E-state index contributed by atoms with van der Waals surface area (Å²) >= 11 is 0. The Labute approximate surface area is 113 Å². The normalized spacial score (nSPS) is 20.5. The van der Waals surface area contributed by atoms with Crippen molar-refractivity contribution >= 4 is 11.8 Å². The highest BCUT2D eigenvalue weighted by Crippen LogP contribution is 2.29. The molecule has 1 aromatic heterocycles. The van der Waals surface area contributed by atoms with Crippen molar-refractivity contribution in [3.63, 3.8) is 0 Å². The van der Waals surface area contributed by atoms with Gasteiger partial charge >= 0.3 is 6.03 Å². The van der Waals surface area contributed by atoms with Crippen molar-refractivity contribution < 1.29 is 14.1 Å². The number of likely N-dealkylation sites (N-methyl/N-ethyl adjacent to an activating group) is 1. The van der Waals surface area contributed by atoms with Crippen LogP contribution in [0.2, 0.25) is 0 Å². The molecule has 0 bridgehead atoms. The summed E-state index contributed by atoms with van der Waals surface area (Å²) in [6.07, 6.45) is -0.305. The number of ether oxygens (including phenoxy) is 1. The molecule has 6 heteroatoms. The highest BCUT2D eigenvalue weighted by Gasteiger charge is 2.39. The standard InChI is InChI=1S/C13H21N3O3/c1-6-18-11-8-15(5)12(17)16(11)10-7-9(19-14-10)13(2,3)4/h7,11H,6,8H2,1-5H3. The molecule has 1 atom stereocenters. The topological polar surface area (TPSA) is 58.8 Å². The van der Waals surface area contributed by atoms with E-state index in [1.165, 1.54) is 0 Å². The van der Waals surface area contributed by atoms with Crippen LogP contribution in [0.5, 0.6) is 0 Å². The number of hydrogen-bond acceptors (Lipinski definition) is 4. The molecule has 1 fully saturated rings. The van der Waals surface area contributed by atoms with Gasteiger partial charge in [-0.25, -0.2) is 9.69 Å². The Morgan fingerprint density at radius 3 is 2.74 bits per heavy atom. The van der Waals surface area contributed by atoms with Gasteiger partial charge in [-0.1, -0.05) is 25.9 Å². The van der Waals surface area contributed by atoms with Gasteiger partial charge in [-0.05, 0) is 6.92 Å². The van der Waals surface area contributed by atoms with E-state index in [9.17, 15) is 4.79 Å². The maximum Gasteiger partial charge on any atom is 0.327 e. The quantitative estimate of drug-likeness (QED) is 0.842. The zero-order valence-electron chi connectivity index (χ0n) is 12.1. The van der Waals surface area contributed by atoms with Gasteiger partial charge in [-0.3, -0.25) is 0 Å². The summed E-state index contributed by atoms with van der Waals surface area (Å²) in [5, 5.41) is 4.01. The summed E-state index contributed by atoms with van der Waals surface area (Å²) in [6, 6.07) is 1.69. The number of amides is 2. The SMILES string of the molecule is CCOC1CN(C)C(=O)N1c1cc(C(C)(C)C)on1. The molecule has 0 aliphatic carbocycles. The number of carbonyl (C=O) groups excluding carboxylic acids is 1. The van der Waals surface area contributed by atoms with Gasteiger partial charge in [-0.15, -0.1) is 0 Å². The zero-order valence-corrected chi connectivity index (χ0v) is 12.1. The van der Waals surface area contributed by atoms with Crippen LogP contribution >= 0.6 is 0 Å². The molecular weight excluding hydrogens is 246 g/mol. The molecule has 106 valence electrons. The molecule has 1 aliphatic rings. The van der Waals surface area contributed by atoms with E-state index in [2.05, 4.69) is 5.16 Å². The van der Waals surface area contributed by atoms with Gasteiger partial charge in [0.1, 0.15) is 5.76 Å². The third kappa shape index (κ3) is 2.58. The van der Waals surface area contributed by atoms with Crippen LogP contribution in [0.25, 0.3) is 0 Å². The Bertz CT molecular complexity index is 464. The second kappa shape index (κ2) is 4.85. The van der Waals surface area contributed by atoms with Gasteiger partial charge in [0, 0.05) is 25.1 Å². The molecular formula is C13H21N3O3. The molecule has 1 unspecified atom stereocenters. The Morgan fingerprint density at radius 2 is 2.21 bits per heavy atom. The van der Waals surface area contributed by atoms with Crippen LogP contribution in [0.1, 0.15) is 33.5 Å². The second-order valence-electron chi connectivity index (χ2n) is 5.74. The van der Waals surface area contributed by atoms with Crippen molar-refractivity contribution in [1.82, 2.24) is 10.1 Å². The lowest BCUT2D eigenvalue weighted by atomic mass is 9.93. The van der Waals surface area contributed by atoms with Crippen LogP contribution in [-0.2, 0) is 10.2 Å². The van der Waals surface area contributed by atoms with Crippen molar-refractivity contribution in [3.05, 3.63) is 11.8 Å². The predicted molar refractivity (Wildman–Crippen MR) is 71.1 cm³/mol. The van der Waals surface area contributed by atoms with Crippen LogP contribution in [0, 0.1) is 0 Å². The van der Waals surface area contributed by atoms with Crippen molar-refractivity contribution in [1.29, 1.82) is 0 Å². The summed E-state index contributed by atoms with van der Waals surface area (Å²) in [5.41, 5.74) is -0.138. The van der Waals surface area contributed by atoms with E-state index in [4.69, 9.17) is 9.26 Å². The first-order chi connectivity index (χ1) is 8.84. The maximum absolute atomic E-state index is 12.1. The highest BCUT2D eigenvalue weighted by atomic mass is 16.5. The fraction of sp³-hybridized carbons (Fsp3) is 0.692. The monoisotopic (exact) mass is 267 g/mol. The summed E-state index contributed by atoms with van der Waals surface area (Å²) in [6.45, 7) is 9.10. The molecule has 0 N–H and O–H groups in total. The number of aromatic nitrogens is 1. The molecule has 0 radical (unpaired) electrons. The van der Waals surface area contributed by atoms with Gasteiger partial charge < -0.3 is 14.2 Å². The number of urea groups is 1. The van der Waals surface area contributed by atoms with E-state index in [1.807, 2.05) is 33.8 Å². The van der Waals surface area contributed by atoms with E-state index in [-0.39, 0.29) is 17.7 Å². The predicted octanol–water partition coefficient (Wildman–Crippen LogP) is 2.21. The maximum atomic E-state index is 12.1. The Kier molecular flexibility index (Phi) is 3.54. The molecule has 6 nitrogen and oxygen atoms in total. The first-order valence-electron chi connectivity index (χ1n) is 6.47. The summed E-state index contributed by atoms with van der Waals surface area (Å²) in [5.74, 6) is 1.26. The lowest BCUT2D eigenvalue weighted by Crippen LogP contribution is -2.36. The van der Waals surface area contributed by atoms with E-state index < -0.39 is 0 Å². The lowest BCUT2D eigenvalue weighted by molar-refractivity contribution is 0.0715. The molecule has 1 aliphatic heterocycles. The van der Waals surface area contributed by atoms with Crippen LogP contribution in [0.15, 0.2) is 10.6 Å². The minimum atomic E-state index is -0.305. The minimum absolute atomic E-state index is 0.118. The average Bonchev–Trinajstić information content (AvgIpc) is 2.86. The molecule has 0 saturated carbocycles. The Balaban J connectivity index is 2.28. The Hall–Kier alpha value is -1.56. The van der Waals surface area contributed by atoms with Crippen LogP contribution in [0.4, 0.5) is 10.6 Å². The average molecular weight is 267 g/mol. The molecule has 0 aromatic carbocycles. The largest absolute Gasteiger partial charge is 0.359 e. The number of rotatable bonds is 3. The number of hydrogen-bond donors (Lipinski definition) is 0. The fourth-order valence-corrected chi connectivity index (χ4v) is 2.00. The van der Waals surface area contributed by atoms with Crippen LogP contribution in [0.3, 0.4) is 0 Å². The third-order valence-corrected chi connectivity index (χ3v) is 3.09. The number of nitrogens with zero attached hydrogens (tertiary/aromatic N) is 3. The minimum Gasteiger partial charge on any atom is -0.359 e. The number of anilines is 1. The molecule has 2 rings (SSSR count). The summed E-state index contributed by atoms with van der Waals surface area (Å²) < 4.78 is 10.9. The van der Waals surface area contributed by atoms with Crippen LogP contribution in [-0.4, -0.2) is 42.5 Å². The molecule has 19 heavy (non-hydrogen) atoms. The molecule has 2 heterocycles. The number of carbonyl (C=O) groups is 1. The van der Waals surface area contributed by atoms with E-state index in [0.717, 1.165) is 5.76 Å². The highest BCUT2D eigenvalue weighted by molar-refractivity contribution is 5.93. The third-order valence-electron chi connectivity index (χ3n) is 3.09. The van der Waals surface area contributed by atoms with Crippen molar-refractivity contribution in [2.75, 3.05) is 25.1 Å². The Morgan fingerprint density at radius 1 is 1.53 bits per heavy atom. The van der Waals surface area contributed by atoms with Crippen molar-refractivity contribution in [3.8, 4) is 0 Å². The van der Waals surface area contributed by atoms with Crippen LogP contribution < -0.4 is 4.90 Å². The zero-order chi connectivity index (χ0) is 14.2. The summed E-state index contributed by atoms with van der Waals surface area (Å²) in [4.78, 5) is 15.3. The van der Waals surface area contributed by atoms with Gasteiger partial charge in [0.15, 0.2) is 12.0 Å². The molecule has 1 aromatic rings. The fourth-order valence-electron chi connectivity index (χ4n) is 2.00. The van der Waals surface area contributed by atoms with Gasteiger partial charge in [-0.2, -0.15) is 0 Å². The van der Waals surface area contributed by atoms with E-state index in [1.54, 1.807) is 16.8 Å². The first-order valence-corrected chi connectivity index (χ1v) is 6.47. The lowest BCUT2D eigenvalue weighted by Gasteiger charge is -2.19. The van der Waals surface area contributed by atoms with Gasteiger partial charge in [0.05, 0.1) is 6.54 Å². The molecule has 1 saturated heterocycles. The molecule has 2 amide bonds. The van der Waals surface area contributed by atoms with Crippen molar-refractivity contribution in [2.45, 2.75) is 39.3 Å². The van der Waals surface area contributed by atoms with Gasteiger partial charge in [0.25, 0.3) is 0 Å². The van der Waals surface area contributed by atoms with Gasteiger partial charge in [0.2, 0.25) is 0 Å². The first kappa shape index (κ1) is 13.9. The van der Waals surface area contributed by atoms with E-state index >= 15 is 0 Å². The van der Waals surface area contributed by atoms with E-state index in [0.29, 0.717) is 19.0 Å². The summed E-state index contributed by atoms with van der Waals surface area (Å²) in [7, 11) is 1.75.